The predicted octanol–water partition coefficient (Wildman–Crippen LogP) is 2.34. The second-order valence-corrected chi connectivity index (χ2v) is 5.38. The second-order valence-electron chi connectivity index (χ2n) is 5.38. The second kappa shape index (κ2) is 5.85. The van der Waals surface area contributed by atoms with E-state index in [-0.39, 0.29) is 5.97 Å². The van der Waals surface area contributed by atoms with Gasteiger partial charge in [-0.1, -0.05) is 6.07 Å². The van der Waals surface area contributed by atoms with E-state index in [9.17, 15) is 10.1 Å². The molecule has 0 radical (unpaired) electrons. The van der Waals surface area contributed by atoms with Crippen molar-refractivity contribution in [2.24, 2.45) is 0 Å². The smallest absolute Gasteiger partial charge is 0.337 e. The molecule has 0 atom stereocenters. The molecule has 0 spiro atoms. The molecule has 19 heavy (non-hydrogen) atoms. The fourth-order valence-corrected chi connectivity index (χ4v) is 1.81. The number of benzene rings is 1. The van der Waals surface area contributed by atoms with Gasteiger partial charge in [0.15, 0.2) is 0 Å². The molecule has 0 heterocycles. The summed E-state index contributed by atoms with van der Waals surface area (Å²) in [5.74, 6) is -0.379. The molecule has 1 aromatic rings. The van der Waals surface area contributed by atoms with Crippen LogP contribution in [0.15, 0.2) is 18.2 Å². The average molecular weight is 260 g/mol. The normalized spacial score (nSPS) is 11.2. The van der Waals surface area contributed by atoms with E-state index in [0.29, 0.717) is 12.1 Å². The van der Waals surface area contributed by atoms with E-state index in [2.05, 4.69) is 6.07 Å². The van der Waals surface area contributed by atoms with E-state index in [1.54, 1.807) is 6.07 Å². The van der Waals surface area contributed by atoms with E-state index >= 15 is 0 Å². The lowest BCUT2D eigenvalue weighted by Gasteiger charge is -2.19. The van der Waals surface area contributed by atoms with Gasteiger partial charge in [-0.3, -0.25) is 0 Å². The molecule has 0 aliphatic carbocycles. The molecule has 4 nitrogen and oxygen atoms in total. The fourth-order valence-electron chi connectivity index (χ4n) is 1.81. The number of hydrogen-bond acceptors (Lipinski definition) is 4. The van der Waals surface area contributed by atoms with Crippen molar-refractivity contribution in [1.82, 2.24) is 4.90 Å². The maximum absolute atomic E-state index is 11.7. The van der Waals surface area contributed by atoms with Crippen LogP contribution >= 0.6 is 0 Å². The van der Waals surface area contributed by atoms with Gasteiger partial charge in [-0.05, 0) is 51.2 Å². The zero-order valence-corrected chi connectivity index (χ0v) is 12.2. The molecule has 0 saturated heterocycles. The summed E-state index contributed by atoms with van der Waals surface area (Å²) in [5, 5.41) is 9.23. The standard InChI is InChI=1S/C15H20N2O2/c1-15(2,10-16)13-7-11(9-17(3)4)6-12(8-13)14(18)19-5/h6-8H,9H2,1-5H3. The van der Waals surface area contributed by atoms with Gasteiger partial charge in [0.2, 0.25) is 0 Å². The highest BCUT2D eigenvalue weighted by Crippen LogP contribution is 2.25. The molecule has 102 valence electrons. The van der Waals surface area contributed by atoms with Crippen molar-refractivity contribution >= 4 is 5.97 Å². The predicted molar refractivity (Wildman–Crippen MR) is 73.8 cm³/mol. The Kier molecular flexibility index (Phi) is 4.68. The zero-order valence-electron chi connectivity index (χ0n) is 12.2. The Hall–Kier alpha value is -1.86. The fraction of sp³-hybridized carbons (Fsp3) is 0.467. The molecule has 1 rings (SSSR count). The molecular formula is C15H20N2O2. The van der Waals surface area contributed by atoms with Crippen LogP contribution in [0.1, 0.15) is 35.3 Å². The highest BCUT2D eigenvalue weighted by Gasteiger charge is 2.22. The van der Waals surface area contributed by atoms with Crippen LogP contribution in [0.5, 0.6) is 0 Å². The van der Waals surface area contributed by atoms with Crippen LogP contribution in [0, 0.1) is 11.3 Å². The summed E-state index contributed by atoms with van der Waals surface area (Å²) in [6.45, 7) is 4.38. The molecule has 1 aromatic carbocycles. The molecule has 0 bridgehead atoms. The molecule has 0 fully saturated rings. The van der Waals surface area contributed by atoms with Crippen LogP contribution in [0.3, 0.4) is 0 Å². The Morgan fingerprint density at radius 3 is 2.47 bits per heavy atom. The lowest BCUT2D eigenvalue weighted by Crippen LogP contribution is -2.18. The summed E-state index contributed by atoms with van der Waals surface area (Å²) in [6.07, 6.45) is 0. The first-order valence-corrected chi connectivity index (χ1v) is 6.09. The average Bonchev–Trinajstić information content (AvgIpc) is 2.36. The summed E-state index contributed by atoms with van der Waals surface area (Å²) in [5.41, 5.74) is 1.67. The number of rotatable bonds is 4. The van der Waals surface area contributed by atoms with Crippen molar-refractivity contribution in [2.45, 2.75) is 25.8 Å². The van der Waals surface area contributed by atoms with Gasteiger partial charge >= 0.3 is 5.97 Å². The summed E-state index contributed by atoms with van der Waals surface area (Å²) in [4.78, 5) is 13.7. The van der Waals surface area contributed by atoms with E-state index in [4.69, 9.17) is 4.74 Å². The van der Waals surface area contributed by atoms with Crippen LogP contribution in [0.2, 0.25) is 0 Å². The minimum atomic E-state index is -0.634. The maximum atomic E-state index is 11.7. The van der Waals surface area contributed by atoms with Gasteiger partial charge in [-0.25, -0.2) is 4.79 Å². The number of carbonyl (C=O) groups is 1. The van der Waals surface area contributed by atoms with Crippen LogP contribution in [-0.2, 0) is 16.7 Å². The van der Waals surface area contributed by atoms with Crippen LogP contribution in [-0.4, -0.2) is 32.1 Å². The van der Waals surface area contributed by atoms with Gasteiger partial charge in [0.05, 0.1) is 24.2 Å². The van der Waals surface area contributed by atoms with Gasteiger partial charge in [-0.2, -0.15) is 5.26 Å². The summed E-state index contributed by atoms with van der Waals surface area (Å²) >= 11 is 0. The molecule has 0 N–H and O–H groups in total. The number of nitriles is 1. The third kappa shape index (κ3) is 3.80. The van der Waals surface area contributed by atoms with E-state index < -0.39 is 5.41 Å². The summed E-state index contributed by atoms with van der Waals surface area (Å²) in [7, 11) is 5.27. The lowest BCUT2D eigenvalue weighted by atomic mass is 9.84. The Labute approximate surface area is 114 Å². The Morgan fingerprint density at radius 2 is 2.00 bits per heavy atom. The largest absolute Gasteiger partial charge is 0.465 e. The molecule has 0 amide bonds. The third-order valence-corrected chi connectivity index (χ3v) is 2.91. The lowest BCUT2D eigenvalue weighted by molar-refractivity contribution is 0.0600. The first-order valence-electron chi connectivity index (χ1n) is 6.09. The number of hydrogen-bond donors (Lipinski definition) is 0. The molecule has 4 heteroatoms. The highest BCUT2D eigenvalue weighted by molar-refractivity contribution is 5.89. The number of methoxy groups -OCH3 is 1. The van der Waals surface area contributed by atoms with E-state index in [0.717, 1.165) is 11.1 Å². The van der Waals surface area contributed by atoms with Crippen LogP contribution in [0.25, 0.3) is 0 Å². The van der Waals surface area contributed by atoms with Gasteiger partial charge in [-0.15, -0.1) is 0 Å². The molecule has 0 aliphatic rings. The van der Waals surface area contributed by atoms with Gasteiger partial charge < -0.3 is 9.64 Å². The van der Waals surface area contributed by atoms with Crippen molar-refractivity contribution in [3.63, 3.8) is 0 Å². The van der Waals surface area contributed by atoms with Crippen LogP contribution in [0.4, 0.5) is 0 Å². The molecule has 0 aromatic heterocycles. The highest BCUT2D eigenvalue weighted by atomic mass is 16.5. The number of esters is 1. The van der Waals surface area contributed by atoms with Crippen molar-refractivity contribution in [3.8, 4) is 6.07 Å². The SMILES string of the molecule is COC(=O)c1cc(CN(C)C)cc(C(C)(C)C#N)c1. The Morgan fingerprint density at radius 1 is 1.37 bits per heavy atom. The minimum Gasteiger partial charge on any atom is -0.465 e. The first-order chi connectivity index (χ1) is 8.80. The van der Waals surface area contributed by atoms with Crippen molar-refractivity contribution in [3.05, 3.63) is 34.9 Å². The Balaban J connectivity index is 3.33. The molecule has 0 saturated carbocycles. The molecule has 0 aliphatic heterocycles. The van der Waals surface area contributed by atoms with E-state index in [1.807, 2.05) is 45.0 Å². The maximum Gasteiger partial charge on any atom is 0.337 e. The van der Waals surface area contributed by atoms with Crippen molar-refractivity contribution in [1.29, 1.82) is 5.26 Å². The van der Waals surface area contributed by atoms with Crippen molar-refractivity contribution in [2.75, 3.05) is 21.2 Å². The third-order valence-electron chi connectivity index (χ3n) is 2.91. The minimum absolute atomic E-state index is 0.379. The topological polar surface area (TPSA) is 53.3 Å². The quantitative estimate of drug-likeness (QED) is 0.780. The zero-order chi connectivity index (χ0) is 14.6. The summed E-state index contributed by atoms with van der Waals surface area (Å²) < 4.78 is 4.76. The van der Waals surface area contributed by atoms with Gasteiger partial charge in [0.1, 0.15) is 0 Å². The Bertz CT molecular complexity index is 513. The number of carbonyl (C=O) groups excluding carboxylic acids is 1. The monoisotopic (exact) mass is 260 g/mol. The van der Waals surface area contributed by atoms with Gasteiger partial charge in [0, 0.05) is 6.54 Å². The van der Waals surface area contributed by atoms with Crippen LogP contribution < -0.4 is 0 Å². The summed E-state index contributed by atoms with van der Waals surface area (Å²) in [6, 6.07) is 7.76. The van der Waals surface area contributed by atoms with E-state index in [1.165, 1.54) is 7.11 Å². The number of ether oxygens (including phenoxy) is 1. The molecule has 0 unspecified atom stereocenters. The van der Waals surface area contributed by atoms with Crippen molar-refractivity contribution < 1.29 is 9.53 Å². The number of nitrogens with zero attached hydrogens (tertiary/aromatic N) is 2. The molecular weight excluding hydrogens is 240 g/mol. The first kappa shape index (κ1) is 15.2. The van der Waals surface area contributed by atoms with Gasteiger partial charge in [0.25, 0.3) is 0 Å².